The van der Waals surface area contributed by atoms with Crippen molar-refractivity contribution in [3.05, 3.63) is 71.2 Å². The van der Waals surface area contributed by atoms with Gasteiger partial charge in [0.25, 0.3) is 11.8 Å². The molecule has 8 heteroatoms. The van der Waals surface area contributed by atoms with E-state index in [4.69, 9.17) is 0 Å². The van der Waals surface area contributed by atoms with Crippen molar-refractivity contribution in [1.29, 1.82) is 0 Å². The smallest absolute Gasteiger partial charge is 0.256 e. The van der Waals surface area contributed by atoms with Gasteiger partial charge in [0.1, 0.15) is 11.5 Å². The number of fused-ring (bicyclic) bond motifs is 1. The highest BCUT2D eigenvalue weighted by Crippen LogP contribution is 2.24. The number of pyridine rings is 1. The Kier molecular flexibility index (Phi) is 5.30. The second-order valence-corrected chi connectivity index (χ2v) is 8.87. The fourth-order valence-corrected chi connectivity index (χ4v) is 3.35. The molecule has 0 radical (unpaired) electrons. The fourth-order valence-electron chi connectivity index (χ4n) is 3.35. The van der Waals surface area contributed by atoms with Crippen LogP contribution in [-0.4, -0.2) is 31.6 Å². The van der Waals surface area contributed by atoms with Crippen LogP contribution in [0.15, 0.2) is 48.8 Å². The van der Waals surface area contributed by atoms with Gasteiger partial charge >= 0.3 is 0 Å². The Balaban J connectivity index is 1.54. The molecule has 4 aromatic rings. The molecule has 1 aromatic carbocycles. The predicted molar refractivity (Wildman–Crippen MR) is 125 cm³/mol. The Morgan fingerprint density at radius 3 is 2.53 bits per heavy atom. The van der Waals surface area contributed by atoms with Crippen molar-refractivity contribution in [2.45, 2.75) is 33.1 Å². The highest BCUT2D eigenvalue weighted by atomic mass is 16.2. The van der Waals surface area contributed by atoms with Crippen LogP contribution in [0.1, 0.15) is 52.7 Å². The highest BCUT2D eigenvalue weighted by molar-refractivity contribution is 6.09. The number of amides is 2. The molecule has 4 rings (SSSR count). The van der Waals surface area contributed by atoms with Gasteiger partial charge in [0, 0.05) is 41.2 Å². The van der Waals surface area contributed by atoms with E-state index in [9.17, 15) is 9.59 Å². The van der Waals surface area contributed by atoms with Gasteiger partial charge in [0.05, 0.1) is 17.6 Å². The van der Waals surface area contributed by atoms with Crippen LogP contribution in [0.3, 0.4) is 0 Å². The minimum atomic E-state index is -0.307. The molecule has 0 bridgehead atoms. The van der Waals surface area contributed by atoms with Crippen LogP contribution in [0.5, 0.6) is 0 Å². The number of aromatic nitrogens is 4. The van der Waals surface area contributed by atoms with Crippen LogP contribution < -0.4 is 10.6 Å². The van der Waals surface area contributed by atoms with E-state index >= 15 is 0 Å². The average molecular weight is 431 g/mol. The zero-order valence-corrected chi connectivity index (χ0v) is 18.8. The van der Waals surface area contributed by atoms with Crippen molar-refractivity contribution < 1.29 is 9.59 Å². The summed E-state index contributed by atoms with van der Waals surface area (Å²) in [4.78, 5) is 33.1. The molecule has 3 heterocycles. The van der Waals surface area contributed by atoms with Crippen LogP contribution in [0.25, 0.3) is 11.0 Å². The second-order valence-electron chi connectivity index (χ2n) is 8.87. The number of carbonyl (C=O) groups excluding carboxylic acids is 2. The van der Waals surface area contributed by atoms with Gasteiger partial charge in [0.15, 0.2) is 0 Å². The maximum atomic E-state index is 12.9. The number of nitrogens with one attached hydrogen (secondary N) is 3. The first-order chi connectivity index (χ1) is 15.1. The molecule has 32 heavy (non-hydrogen) atoms. The van der Waals surface area contributed by atoms with E-state index in [1.54, 1.807) is 42.3 Å². The fraction of sp³-hybridized carbons (Fsp3) is 0.250. The summed E-state index contributed by atoms with van der Waals surface area (Å²) in [5.74, 6) is -0.0142. The lowest BCUT2D eigenvalue weighted by molar-refractivity contribution is 0.102. The van der Waals surface area contributed by atoms with E-state index < -0.39 is 0 Å². The first kappa shape index (κ1) is 21.3. The van der Waals surface area contributed by atoms with Crippen LogP contribution >= 0.6 is 0 Å². The summed E-state index contributed by atoms with van der Waals surface area (Å²) < 4.78 is 1.64. The van der Waals surface area contributed by atoms with Gasteiger partial charge in [-0.2, -0.15) is 5.10 Å². The van der Waals surface area contributed by atoms with Gasteiger partial charge < -0.3 is 15.6 Å². The topological polar surface area (TPSA) is 105 Å². The van der Waals surface area contributed by atoms with Gasteiger partial charge in [-0.05, 0) is 36.8 Å². The van der Waals surface area contributed by atoms with E-state index in [2.05, 4.69) is 46.5 Å². The molecule has 0 saturated carbocycles. The largest absolute Gasteiger partial charge is 0.346 e. The average Bonchev–Trinajstić information content (AvgIpc) is 3.34. The molecule has 0 spiro atoms. The molecular formula is C24H26N6O2. The second kappa shape index (κ2) is 7.96. The minimum Gasteiger partial charge on any atom is -0.346 e. The molecule has 2 amide bonds. The predicted octanol–water partition coefficient (Wildman–Crippen LogP) is 4.41. The molecule has 3 N–H and O–H groups in total. The first-order valence-electron chi connectivity index (χ1n) is 10.3. The summed E-state index contributed by atoms with van der Waals surface area (Å²) in [6, 6.07) is 10.7. The summed E-state index contributed by atoms with van der Waals surface area (Å²) in [6.45, 7) is 8.03. The molecular weight excluding hydrogens is 404 g/mol. The summed E-state index contributed by atoms with van der Waals surface area (Å²) >= 11 is 0. The zero-order chi connectivity index (χ0) is 23.0. The minimum absolute atomic E-state index is 0.131. The third-order valence-corrected chi connectivity index (χ3v) is 5.29. The van der Waals surface area contributed by atoms with Crippen molar-refractivity contribution >= 4 is 34.4 Å². The summed E-state index contributed by atoms with van der Waals surface area (Å²) in [6.07, 6.45) is 3.39. The van der Waals surface area contributed by atoms with Crippen LogP contribution in [0.2, 0.25) is 0 Å². The number of aromatic amines is 1. The van der Waals surface area contributed by atoms with Crippen molar-refractivity contribution in [2.75, 3.05) is 10.6 Å². The summed E-state index contributed by atoms with van der Waals surface area (Å²) in [5, 5.41) is 11.1. The summed E-state index contributed by atoms with van der Waals surface area (Å²) in [5.41, 5.74) is 3.67. The SMILES string of the molecule is Cc1ccc(C(=O)Nc2cc(C(C)(C)C)nn2C)cc1C(=O)Nc1cnc2[nH]ccc2c1. The van der Waals surface area contributed by atoms with Gasteiger partial charge in [0.2, 0.25) is 0 Å². The lowest BCUT2D eigenvalue weighted by atomic mass is 9.92. The number of benzene rings is 1. The summed E-state index contributed by atoms with van der Waals surface area (Å²) in [7, 11) is 1.79. The van der Waals surface area contributed by atoms with Crippen LogP contribution in [-0.2, 0) is 12.5 Å². The van der Waals surface area contributed by atoms with Crippen molar-refractivity contribution in [3.63, 3.8) is 0 Å². The number of hydrogen-bond donors (Lipinski definition) is 3. The van der Waals surface area contributed by atoms with Crippen molar-refractivity contribution in [1.82, 2.24) is 19.7 Å². The van der Waals surface area contributed by atoms with E-state index in [0.717, 1.165) is 22.3 Å². The van der Waals surface area contributed by atoms with E-state index in [-0.39, 0.29) is 17.2 Å². The lowest BCUT2D eigenvalue weighted by Gasteiger charge is -2.13. The zero-order valence-electron chi connectivity index (χ0n) is 18.8. The molecule has 0 aliphatic heterocycles. The first-order valence-corrected chi connectivity index (χ1v) is 10.3. The molecule has 164 valence electrons. The molecule has 0 aliphatic carbocycles. The van der Waals surface area contributed by atoms with Gasteiger partial charge in [-0.1, -0.05) is 26.8 Å². The van der Waals surface area contributed by atoms with Crippen LogP contribution in [0.4, 0.5) is 11.5 Å². The maximum Gasteiger partial charge on any atom is 0.256 e. The third-order valence-electron chi connectivity index (χ3n) is 5.29. The Bertz CT molecular complexity index is 1330. The molecule has 0 unspecified atom stereocenters. The molecule has 0 saturated heterocycles. The molecule has 0 atom stereocenters. The number of rotatable bonds is 4. The van der Waals surface area contributed by atoms with Gasteiger partial charge in [-0.15, -0.1) is 0 Å². The Morgan fingerprint density at radius 1 is 1.03 bits per heavy atom. The molecule has 3 aromatic heterocycles. The highest BCUT2D eigenvalue weighted by Gasteiger charge is 2.20. The number of anilines is 2. The van der Waals surface area contributed by atoms with E-state index in [0.29, 0.717) is 22.6 Å². The Morgan fingerprint density at radius 2 is 1.81 bits per heavy atom. The molecule has 0 aliphatic rings. The maximum absolute atomic E-state index is 12.9. The third kappa shape index (κ3) is 4.25. The number of hydrogen-bond acceptors (Lipinski definition) is 4. The quantitative estimate of drug-likeness (QED) is 0.446. The number of aryl methyl sites for hydroxylation is 2. The van der Waals surface area contributed by atoms with Crippen LogP contribution in [0, 0.1) is 6.92 Å². The molecule has 8 nitrogen and oxygen atoms in total. The monoisotopic (exact) mass is 430 g/mol. The van der Waals surface area contributed by atoms with Gasteiger partial charge in [-0.3, -0.25) is 14.3 Å². The Hall–Kier alpha value is -3.94. The lowest BCUT2D eigenvalue weighted by Crippen LogP contribution is -2.18. The van der Waals surface area contributed by atoms with Gasteiger partial charge in [-0.25, -0.2) is 4.98 Å². The van der Waals surface area contributed by atoms with E-state index in [1.807, 2.05) is 25.1 Å². The number of nitrogens with zero attached hydrogens (tertiary/aromatic N) is 3. The molecule has 0 fully saturated rings. The number of H-pyrrole nitrogens is 1. The normalized spacial score (nSPS) is 11.5. The van der Waals surface area contributed by atoms with Crippen molar-refractivity contribution in [2.24, 2.45) is 7.05 Å². The number of carbonyl (C=O) groups is 2. The standard InChI is InChI=1S/C24H26N6O2/c1-14-6-7-16(22(31)28-20-12-19(24(2,3)4)29-30(20)5)11-18(14)23(32)27-17-10-15-8-9-25-21(15)26-13-17/h6-13H,1-5H3,(H,25,26)(H,27,32)(H,28,31). The Labute approximate surface area is 186 Å². The van der Waals surface area contributed by atoms with E-state index in [1.165, 1.54) is 0 Å². The van der Waals surface area contributed by atoms with Crippen molar-refractivity contribution in [3.8, 4) is 0 Å².